The van der Waals surface area contributed by atoms with Gasteiger partial charge in [-0.25, -0.2) is 0 Å². The van der Waals surface area contributed by atoms with Crippen LogP contribution in [0.1, 0.15) is 27.5 Å². The van der Waals surface area contributed by atoms with Crippen LogP contribution in [0.4, 0.5) is 18.9 Å². The predicted molar refractivity (Wildman–Crippen MR) is 134 cm³/mol. The molecule has 1 fully saturated rings. The fraction of sp³-hybridized carbons (Fsp3) is 0.214. The molecule has 1 aliphatic carbocycles. The highest BCUT2D eigenvalue weighted by atomic mass is 19.4. The summed E-state index contributed by atoms with van der Waals surface area (Å²) in [6, 6.07) is 19.9. The molecule has 6 rings (SSSR count). The van der Waals surface area contributed by atoms with Crippen molar-refractivity contribution in [1.29, 1.82) is 0 Å². The third-order valence-electron chi connectivity index (χ3n) is 7.20. The summed E-state index contributed by atoms with van der Waals surface area (Å²) in [6.45, 7) is 2.04. The number of carbonyl (C=O) groups excluding carboxylic acids is 2. The average Bonchev–Trinajstić information content (AvgIpc) is 3.50. The van der Waals surface area contributed by atoms with E-state index in [0.29, 0.717) is 37.3 Å². The standard InChI is InChI=1S/C28H23F3N4O2/c29-28(30,31)27(37)33-23-7-3-6-20-19-4-1-2-5-21(19)25(24(20)23)34-12-14-35(15-13-34)26(36)18-8-9-22-17(16-18)10-11-32-22/h1-11,16,25,32H,12-15H2,(H,33,37). The number of H-pyrrole nitrogens is 1. The van der Waals surface area contributed by atoms with Gasteiger partial charge in [-0.2, -0.15) is 13.2 Å². The highest BCUT2D eigenvalue weighted by Gasteiger charge is 2.41. The second-order valence-electron chi connectivity index (χ2n) is 9.32. The van der Waals surface area contributed by atoms with E-state index in [-0.39, 0.29) is 17.6 Å². The molecule has 0 radical (unpaired) electrons. The quantitative estimate of drug-likeness (QED) is 0.403. The molecule has 1 atom stereocenters. The van der Waals surface area contributed by atoms with Crippen LogP contribution in [-0.4, -0.2) is 59.0 Å². The van der Waals surface area contributed by atoms with Gasteiger partial charge in [-0.05, 0) is 47.0 Å². The van der Waals surface area contributed by atoms with Gasteiger partial charge >= 0.3 is 12.1 Å². The molecule has 1 unspecified atom stereocenters. The molecular weight excluding hydrogens is 481 g/mol. The van der Waals surface area contributed by atoms with Gasteiger partial charge in [-0.15, -0.1) is 0 Å². The number of nitrogens with one attached hydrogen (secondary N) is 2. The lowest BCUT2D eigenvalue weighted by Crippen LogP contribution is -2.49. The number of carbonyl (C=O) groups is 2. The fourth-order valence-electron chi connectivity index (χ4n) is 5.46. The van der Waals surface area contributed by atoms with E-state index in [9.17, 15) is 22.8 Å². The van der Waals surface area contributed by atoms with E-state index in [2.05, 4.69) is 15.2 Å². The lowest BCUT2D eigenvalue weighted by molar-refractivity contribution is -0.167. The second kappa shape index (κ2) is 8.77. The molecule has 9 heteroatoms. The van der Waals surface area contributed by atoms with Crippen LogP contribution in [0.3, 0.4) is 0 Å². The minimum atomic E-state index is -4.99. The van der Waals surface area contributed by atoms with E-state index in [1.54, 1.807) is 6.07 Å². The minimum Gasteiger partial charge on any atom is -0.361 e. The maximum Gasteiger partial charge on any atom is 0.471 e. The monoisotopic (exact) mass is 504 g/mol. The second-order valence-corrected chi connectivity index (χ2v) is 9.32. The van der Waals surface area contributed by atoms with Crippen LogP contribution in [0.5, 0.6) is 0 Å². The summed E-state index contributed by atoms with van der Waals surface area (Å²) in [6.07, 6.45) is -3.15. The van der Waals surface area contributed by atoms with Crippen LogP contribution >= 0.6 is 0 Å². The first-order chi connectivity index (χ1) is 17.8. The number of anilines is 1. The molecule has 2 N–H and O–H groups in total. The molecular formula is C28H23F3N4O2. The van der Waals surface area contributed by atoms with Crippen molar-refractivity contribution in [3.8, 4) is 11.1 Å². The van der Waals surface area contributed by atoms with Gasteiger partial charge in [-0.1, -0.05) is 36.4 Å². The maximum atomic E-state index is 13.2. The number of aromatic nitrogens is 1. The molecule has 2 amide bonds. The van der Waals surface area contributed by atoms with E-state index in [1.807, 2.05) is 65.7 Å². The largest absolute Gasteiger partial charge is 0.471 e. The fourth-order valence-corrected chi connectivity index (χ4v) is 5.46. The Hall–Kier alpha value is -4.11. The Labute approximate surface area is 210 Å². The molecule has 0 spiro atoms. The van der Waals surface area contributed by atoms with Crippen LogP contribution in [0.25, 0.3) is 22.0 Å². The number of piperazine rings is 1. The average molecular weight is 505 g/mol. The number of alkyl halides is 3. The molecule has 1 aromatic heterocycles. The molecule has 1 saturated heterocycles. The van der Waals surface area contributed by atoms with Crippen LogP contribution in [-0.2, 0) is 4.79 Å². The Bertz CT molecular complexity index is 1520. The molecule has 6 nitrogen and oxygen atoms in total. The highest BCUT2D eigenvalue weighted by Crippen LogP contribution is 2.49. The van der Waals surface area contributed by atoms with E-state index in [0.717, 1.165) is 27.6 Å². The summed E-state index contributed by atoms with van der Waals surface area (Å²) in [4.78, 5) is 32.1. The number of hydrogen-bond acceptors (Lipinski definition) is 3. The Balaban J connectivity index is 1.27. The van der Waals surface area contributed by atoms with Gasteiger partial charge in [0.1, 0.15) is 0 Å². The number of aromatic amines is 1. The van der Waals surface area contributed by atoms with Gasteiger partial charge in [0.2, 0.25) is 0 Å². The van der Waals surface area contributed by atoms with Crippen molar-refractivity contribution in [3.63, 3.8) is 0 Å². The van der Waals surface area contributed by atoms with Crippen molar-refractivity contribution >= 4 is 28.4 Å². The van der Waals surface area contributed by atoms with Crippen LogP contribution in [0.15, 0.2) is 72.9 Å². The number of amides is 2. The van der Waals surface area contributed by atoms with Crippen LogP contribution < -0.4 is 5.32 Å². The van der Waals surface area contributed by atoms with Crippen molar-refractivity contribution in [2.75, 3.05) is 31.5 Å². The number of rotatable bonds is 3. The number of halogens is 3. The van der Waals surface area contributed by atoms with E-state index in [4.69, 9.17) is 0 Å². The number of fused-ring (bicyclic) bond motifs is 4. The number of nitrogens with zero attached hydrogens (tertiary/aromatic N) is 2. The summed E-state index contributed by atoms with van der Waals surface area (Å²) >= 11 is 0. The van der Waals surface area contributed by atoms with E-state index in [1.165, 1.54) is 6.07 Å². The molecule has 2 heterocycles. The summed E-state index contributed by atoms with van der Waals surface area (Å²) < 4.78 is 39.2. The zero-order valence-corrected chi connectivity index (χ0v) is 19.7. The predicted octanol–water partition coefficient (Wildman–Crippen LogP) is 5.20. The zero-order chi connectivity index (χ0) is 25.7. The van der Waals surface area contributed by atoms with Crippen LogP contribution in [0.2, 0.25) is 0 Å². The Morgan fingerprint density at radius 1 is 0.892 bits per heavy atom. The number of hydrogen-bond donors (Lipinski definition) is 2. The smallest absolute Gasteiger partial charge is 0.361 e. The van der Waals surface area contributed by atoms with Gasteiger partial charge in [0.15, 0.2) is 0 Å². The summed E-state index contributed by atoms with van der Waals surface area (Å²) in [5.74, 6) is -2.04. The minimum absolute atomic E-state index is 0.0481. The molecule has 0 bridgehead atoms. The highest BCUT2D eigenvalue weighted by molar-refractivity contribution is 5.99. The van der Waals surface area contributed by atoms with Gasteiger partial charge in [-0.3, -0.25) is 14.5 Å². The summed E-state index contributed by atoms with van der Waals surface area (Å²) in [7, 11) is 0. The molecule has 0 saturated carbocycles. The topological polar surface area (TPSA) is 68.4 Å². The summed E-state index contributed by atoms with van der Waals surface area (Å²) in [5.41, 5.74) is 5.10. The lowest BCUT2D eigenvalue weighted by atomic mass is 10.00. The first-order valence-electron chi connectivity index (χ1n) is 12.0. The normalized spacial score (nSPS) is 17.5. The maximum absolute atomic E-state index is 13.2. The van der Waals surface area contributed by atoms with E-state index >= 15 is 0 Å². The van der Waals surface area contributed by atoms with Gasteiger partial charge in [0, 0.05) is 60.1 Å². The first kappa shape index (κ1) is 23.3. The van der Waals surface area contributed by atoms with Crippen LogP contribution in [0, 0.1) is 0 Å². The third kappa shape index (κ3) is 4.05. The van der Waals surface area contributed by atoms with E-state index < -0.39 is 12.1 Å². The first-order valence-corrected chi connectivity index (χ1v) is 12.0. The van der Waals surface area contributed by atoms with Gasteiger partial charge in [0.25, 0.3) is 5.91 Å². The number of benzene rings is 3. The van der Waals surface area contributed by atoms with Crippen molar-refractivity contribution in [3.05, 3.63) is 89.6 Å². The summed E-state index contributed by atoms with van der Waals surface area (Å²) in [5, 5.41) is 3.06. The zero-order valence-electron chi connectivity index (χ0n) is 19.7. The van der Waals surface area contributed by atoms with Crippen molar-refractivity contribution in [2.24, 2.45) is 0 Å². The molecule has 37 heavy (non-hydrogen) atoms. The van der Waals surface area contributed by atoms with Crippen molar-refractivity contribution < 1.29 is 22.8 Å². The molecule has 4 aromatic rings. The molecule has 1 aliphatic heterocycles. The molecule has 3 aromatic carbocycles. The van der Waals surface area contributed by atoms with Gasteiger partial charge < -0.3 is 15.2 Å². The Morgan fingerprint density at radius 3 is 2.43 bits per heavy atom. The molecule has 188 valence electrons. The van der Waals surface area contributed by atoms with Gasteiger partial charge in [0.05, 0.1) is 6.04 Å². The van der Waals surface area contributed by atoms with Crippen molar-refractivity contribution in [1.82, 2.24) is 14.8 Å². The Morgan fingerprint density at radius 2 is 1.65 bits per heavy atom. The SMILES string of the molecule is O=C(c1ccc2[nH]ccc2c1)N1CCN(C2c3ccccc3-c3cccc(NC(=O)C(F)(F)F)c32)CC1. The Kier molecular flexibility index (Phi) is 5.52. The third-order valence-corrected chi connectivity index (χ3v) is 7.20. The van der Waals surface area contributed by atoms with Crippen molar-refractivity contribution in [2.45, 2.75) is 12.2 Å². The lowest BCUT2D eigenvalue weighted by Gasteiger charge is -2.39. The molecule has 2 aliphatic rings.